The summed E-state index contributed by atoms with van der Waals surface area (Å²) in [4.78, 5) is 198. The summed E-state index contributed by atoms with van der Waals surface area (Å²) in [5, 5.41) is 4.46. The van der Waals surface area contributed by atoms with Gasteiger partial charge in [0, 0.05) is 96.9 Å². The Hall–Kier alpha value is -9.15. The van der Waals surface area contributed by atoms with Crippen molar-refractivity contribution in [2.75, 3.05) is 26.4 Å². The molecule has 2 amide bonds. The molecular formula is C61H79N3O35S. The lowest BCUT2D eigenvalue weighted by Crippen LogP contribution is -2.69. The average molecular weight is 1450 g/mol. The van der Waals surface area contributed by atoms with E-state index in [4.69, 9.17) is 94.7 Å². The number of amides is 2. The fraction of sp³-hybridized carbons (Fsp3) is 0.639. The number of aryl methyl sites for hydroxylation is 1. The molecule has 5 rings (SSSR count). The summed E-state index contributed by atoms with van der Waals surface area (Å²) >= 11 is 0.451. The van der Waals surface area contributed by atoms with Crippen LogP contribution in [0.1, 0.15) is 102 Å². The number of nitrogens with zero attached hydrogens (tertiary/aromatic N) is 1. The summed E-state index contributed by atoms with van der Waals surface area (Å²) in [6.07, 6.45) is -35.5. The van der Waals surface area contributed by atoms with Gasteiger partial charge in [0.1, 0.15) is 63.1 Å². The van der Waals surface area contributed by atoms with E-state index in [2.05, 4.69) is 15.6 Å². The number of esters is 14. The van der Waals surface area contributed by atoms with Gasteiger partial charge in [-0.1, -0.05) is 23.9 Å². The van der Waals surface area contributed by atoms with Gasteiger partial charge in [0.05, 0.1) is 5.69 Å². The minimum atomic E-state index is -2.06. The lowest BCUT2D eigenvalue weighted by molar-refractivity contribution is -0.345. The van der Waals surface area contributed by atoms with Gasteiger partial charge >= 0.3 is 89.6 Å². The van der Waals surface area contributed by atoms with E-state index in [1.54, 1.807) is 25.1 Å². The number of aliphatic imine (C=N–C) groups is 1. The number of urea groups is 1. The molecule has 0 saturated carbocycles. The molecule has 1 aromatic carbocycles. The van der Waals surface area contributed by atoms with E-state index in [0.29, 0.717) is 17.3 Å². The van der Waals surface area contributed by atoms with Crippen LogP contribution >= 0.6 is 11.8 Å². The summed E-state index contributed by atoms with van der Waals surface area (Å²) in [6, 6.07) is 4.97. The van der Waals surface area contributed by atoms with Crippen molar-refractivity contribution in [2.24, 2.45) is 4.99 Å². The molecule has 4 heterocycles. The Morgan fingerprint density at radius 1 is 0.370 bits per heavy atom. The number of benzene rings is 1. The number of nitrogens with one attached hydrogen (secondary N) is 2. The number of carbonyl (C=O) groups is 15. The van der Waals surface area contributed by atoms with E-state index < -0.39 is 243 Å². The molecule has 0 aromatic heterocycles. The van der Waals surface area contributed by atoms with Gasteiger partial charge in [-0.25, -0.2) is 9.79 Å². The lowest BCUT2D eigenvalue weighted by Gasteiger charge is -2.49. The monoisotopic (exact) mass is 1450 g/mol. The van der Waals surface area contributed by atoms with Crippen LogP contribution in [0.3, 0.4) is 0 Å². The molecule has 4 aliphatic heterocycles. The van der Waals surface area contributed by atoms with Crippen LogP contribution in [0.5, 0.6) is 0 Å². The Morgan fingerprint density at radius 3 is 1.04 bits per heavy atom. The largest absolute Gasteiger partial charge is 0.463 e. The minimum absolute atomic E-state index is 0.116. The van der Waals surface area contributed by atoms with E-state index in [9.17, 15) is 71.9 Å². The zero-order chi connectivity index (χ0) is 74.6. The molecule has 4 aliphatic rings. The van der Waals surface area contributed by atoms with E-state index in [-0.39, 0.29) is 5.69 Å². The zero-order valence-corrected chi connectivity index (χ0v) is 57.6. The van der Waals surface area contributed by atoms with Crippen LogP contribution in [0.25, 0.3) is 0 Å². The summed E-state index contributed by atoms with van der Waals surface area (Å²) in [7, 11) is 0. The molecule has 2 N–H and O–H groups in total. The van der Waals surface area contributed by atoms with Gasteiger partial charge in [0.15, 0.2) is 90.5 Å². The molecule has 1 aromatic rings. The third-order valence-corrected chi connectivity index (χ3v) is 14.8. The first kappa shape index (κ1) is 81.5. The standard InChI is InChI=1S/C61H79N3O35S/c1-24-17-16-18-39(19-24)62-61(100-59-55(93-38(15)78)51(89-34(11)74)47(43(97-59)23-83-28(5)68)99-58-54(92-37(14)77)50(88-33(10)73)45(85-30(7)70)42(96-58)22-82-27(4)67)64-60(79)63-56-52(90-35(12)75)48(86-31(8)71)46(40(94-56)20-80-25(2)65)98-57-53(91-36(13)76)49(87-32(9)72)44(84-29(6)69)41(95-57)21-81-26(3)66/h16-19,40-59H,20-23H2,1-15H3,(H2,62,63,64,79)/t40-,41-,42-,43-,44+,45+,46-,47-,48+,49+,50+,51+,52-,53-,54-,55-,56-,57+,58+,59+/m1/s1. The molecule has 554 valence electrons. The Labute approximate surface area is 574 Å². The highest BCUT2D eigenvalue weighted by Gasteiger charge is 2.60. The fourth-order valence-electron chi connectivity index (χ4n) is 10.5. The highest BCUT2D eigenvalue weighted by molar-refractivity contribution is 8.14. The average Bonchev–Trinajstić information content (AvgIpc) is 0.773. The quantitative estimate of drug-likeness (QED) is 0.0573. The van der Waals surface area contributed by atoms with Crippen LogP contribution in [0, 0.1) is 6.92 Å². The predicted octanol–water partition coefficient (Wildman–Crippen LogP) is 0.254. The Kier molecular flexibility index (Phi) is 30.9. The molecule has 0 unspecified atom stereocenters. The highest BCUT2D eigenvalue weighted by Crippen LogP contribution is 2.40. The van der Waals surface area contributed by atoms with Gasteiger partial charge in [0.25, 0.3) is 0 Å². The Morgan fingerprint density at radius 2 is 0.680 bits per heavy atom. The summed E-state index contributed by atoms with van der Waals surface area (Å²) in [5.41, 5.74) is -1.04. The van der Waals surface area contributed by atoms with E-state index in [1.807, 2.05) is 0 Å². The Bertz CT molecular complexity index is 3220. The second-order valence-electron chi connectivity index (χ2n) is 22.3. The lowest BCUT2D eigenvalue weighted by atomic mass is 9.95. The molecular weight excluding hydrogens is 1370 g/mol. The van der Waals surface area contributed by atoms with Crippen LogP contribution in [-0.2, 0) is 162 Å². The van der Waals surface area contributed by atoms with Crippen molar-refractivity contribution in [3.05, 3.63) is 29.8 Å². The number of carbonyl (C=O) groups excluding carboxylic acids is 15. The van der Waals surface area contributed by atoms with Crippen molar-refractivity contribution in [1.82, 2.24) is 10.6 Å². The van der Waals surface area contributed by atoms with Gasteiger partial charge in [-0.05, 0) is 24.6 Å². The van der Waals surface area contributed by atoms with Gasteiger partial charge in [-0.3, -0.25) is 72.4 Å². The number of thioether (sulfide) groups is 1. The number of amidine groups is 1. The first-order chi connectivity index (χ1) is 46.9. The number of hydrogen-bond donors (Lipinski definition) is 2. The Balaban J connectivity index is 1.65. The van der Waals surface area contributed by atoms with Crippen LogP contribution < -0.4 is 10.6 Å². The molecule has 4 fully saturated rings. The summed E-state index contributed by atoms with van der Waals surface area (Å²) in [6.45, 7) is 12.1. The third kappa shape index (κ3) is 25.2. The van der Waals surface area contributed by atoms with Crippen LogP contribution in [0.4, 0.5) is 10.5 Å². The maximum absolute atomic E-state index is 14.9. The zero-order valence-electron chi connectivity index (χ0n) is 56.8. The molecule has 20 atom stereocenters. The second-order valence-corrected chi connectivity index (χ2v) is 23.4. The van der Waals surface area contributed by atoms with Gasteiger partial charge in [-0.2, -0.15) is 0 Å². The van der Waals surface area contributed by atoms with Crippen molar-refractivity contribution in [2.45, 2.75) is 226 Å². The molecule has 4 saturated heterocycles. The smallest absolute Gasteiger partial charge is 0.322 e. The van der Waals surface area contributed by atoms with Crippen molar-refractivity contribution in [3.8, 4) is 0 Å². The van der Waals surface area contributed by atoms with Crippen molar-refractivity contribution in [1.29, 1.82) is 0 Å². The maximum Gasteiger partial charge on any atom is 0.322 e. The summed E-state index contributed by atoms with van der Waals surface area (Å²) in [5.74, 6) is -14.1. The fourth-order valence-corrected chi connectivity index (χ4v) is 11.5. The predicted molar refractivity (Wildman–Crippen MR) is 324 cm³/mol. The van der Waals surface area contributed by atoms with Gasteiger partial charge in [0.2, 0.25) is 0 Å². The van der Waals surface area contributed by atoms with E-state index in [0.717, 1.165) is 96.9 Å². The van der Waals surface area contributed by atoms with Crippen LogP contribution in [0.15, 0.2) is 29.3 Å². The first-order valence-electron chi connectivity index (χ1n) is 30.5. The third-order valence-electron chi connectivity index (χ3n) is 13.8. The maximum atomic E-state index is 14.9. The minimum Gasteiger partial charge on any atom is -0.463 e. The van der Waals surface area contributed by atoms with Gasteiger partial charge in [-0.15, -0.1) is 0 Å². The second kappa shape index (κ2) is 37.9. The molecule has 100 heavy (non-hydrogen) atoms. The summed E-state index contributed by atoms with van der Waals surface area (Å²) < 4.78 is 116. The van der Waals surface area contributed by atoms with Crippen LogP contribution in [0.2, 0.25) is 0 Å². The first-order valence-corrected chi connectivity index (χ1v) is 31.4. The highest BCUT2D eigenvalue weighted by atomic mass is 32.2. The van der Waals surface area contributed by atoms with E-state index in [1.165, 1.54) is 6.07 Å². The van der Waals surface area contributed by atoms with Crippen molar-refractivity contribution < 1.29 is 167 Å². The van der Waals surface area contributed by atoms with Crippen molar-refractivity contribution in [3.63, 3.8) is 0 Å². The topological polar surface area (TPSA) is 477 Å². The molecule has 0 aliphatic carbocycles. The molecule has 0 bridgehead atoms. The van der Waals surface area contributed by atoms with Gasteiger partial charge < -0.3 is 100 Å². The van der Waals surface area contributed by atoms with Crippen molar-refractivity contribution >= 4 is 112 Å². The number of hydrogen-bond acceptors (Lipinski definition) is 37. The van der Waals surface area contributed by atoms with Crippen LogP contribution in [-0.4, -0.2) is 243 Å². The normalized spacial score (nSPS) is 29.3. The molecule has 0 radical (unpaired) electrons. The number of ether oxygens (including phenoxy) is 20. The molecule has 0 spiro atoms. The number of rotatable bonds is 25. The molecule has 38 nitrogen and oxygen atoms in total. The molecule has 39 heteroatoms. The SMILES string of the molecule is CC(=O)OC[C@H]1O[C@@H](O[C@H]2[C@H](OC(C)=O)[C@@H](OC(C)=O)[C@H](NC(=O)NC(=Nc3cccc(C)c3)S[C@@H]3O[C@H](COC(C)=O)[C@@H](O[C@@H]4O[C@H](COC(C)=O)[C@H](OC(C)=O)[C@H](OC(C)=O)[C@H]4OC(C)=O)[C@H](OC(C)=O)[C@H]3OC(C)=O)O[C@@H]2COC(C)=O)[C@H](OC(C)=O)[C@@H](OC(C)=O)[C@H]1OC(C)=O. The van der Waals surface area contributed by atoms with E-state index >= 15 is 0 Å².